The van der Waals surface area contributed by atoms with Gasteiger partial charge in [0.1, 0.15) is 11.7 Å². The van der Waals surface area contributed by atoms with Gasteiger partial charge < -0.3 is 20.5 Å². The van der Waals surface area contributed by atoms with Gasteiger partial charge in [0.05, 0.1) is 0 Å². The highest BCUT2D eigenvalue weighted by atomic mass is 16.6. The molecule has 0 aromatic rings. The average Bonchev–Trinajstić information content (AvgIpc) is 2.17. The molecule has 0 spiro atoms. The minimum absolute atomic E-state index is 0.0765. The zero-order valence-electron chi connectivity index (χ0n) is 11.2. The van der Waals surface area contributed by atoms with Crippen LogP contribution in [0.4, 0.5) is 9.59 Å². The van der Waals surface area contributed by atoms with Gasteiger partial charge in [-0.2, -0.15) is 0 Å². The molecule has 3 N–H and O–H groups in total. The Bertz CT molecular complexity index is 304. The fraction of sp³-hybridized carbons (Fsp3) is 0.833. The number of hydrogen-bond acceptors (Lipinski definition) is 4. The maximum absolute atomic E-state index is 11.5. The third-order valence-corrected chi connectivity index (χ3v) is 2.68. The molecule has 0 radical (unpaired) electrons. The zero-order valence-corrected chi connectivity index (χ0v) is 11.2. The molecule has 1 saturated carbocycles. The smallest absolute Gasteiger partial charge is 0.407 e. The number of primary amides is 1. The van der Waals surface area contributed by atoms with Crippen LogP contribution >= 0.6 is 0 Å². The molecule has 0 aromatic heterocycles. The van der Waals surface area contributed by atoms with Crippen LogP contribution in [-0.2, 0) is 9.47 Å². The van der Waals surface area contributed by atoms with E-state index in [4.69, 9.17) is 15.2 Å². The van der Waals surface area contributed by atoms with Crippen LogP contribution in [0.25, 0.3) is 0 Å². The van der Waals surface area contributed by atoms with Crippen LogP contribution in [0.3, 0.4) is 0 Å². The summed E-state index contributed by atoms with van der Waals surface area (Å²) in [4.78, 5) is 22.1. The Morgan fingerprint density at radius 1 is 1.17 bits per heavy atom. The predicted molar refractivity (Wildman–Crippen MR) is 66.1 cm³/mol. The van der Waals surface area contributed by atoms with E-state index in [2.05, 4.69) is 5.32 Å². The number of carbonyl (C=O) groups is 2. The lowest BCUT2D eigenvalue weighted by atomic mass is 9.93. The van der Waals surface area contributed by atoms with Crippen molar-refractivity contribution in [2.24, 2.45) is 5.73 Å². The van der Waals surface area contributed by atoms with Crippen LogP contribution in [0.1, 0.15) is 46.5 Å². The molecule has 0 bridgehead atoms. The maximum atomic E-state index is 11.5. The van der Waals surface area contributed by atoms with E-state index in [0.29, 0.717) is 12.8 Å². The number of nitrogens with two attached hydrogens (primary N) is 1. The first kappa shape index (κ1) is 14.6. The Morgan fingerprint density at radius 2 is 1.72 bits per heavy atom. The lowest BCUT2D eigenvalue weighted by Gasteiger charge is -2.29. The van der Waals surface area contributed by atoms with E-state index in [-0.39, 0.29) is 12.1 Å². The van der Waals surface area contributed by atoms with Crippen LogP contribution in [0.15, 0.2) is 0 Å². The predicted octanol–water partition coefficient (Wildman–Crippen LogP) is 1.92. The molecule has 1 rings (SSSR count). The molecule has 0 aromatic carbocycles. The number of ether oxygens (including phenoxy) is 2. The van der Waals surface area contributed by atoms with E-state index >= 15 is 0 Å². The van der Waals surface area contributed by atoms with Gasteiger partial charge in [0.2, 0.25) is 0 Å². The van der Waals surface area contributed by atoms with E-state index in [1.54, 1.807) is 0 Å². The van der Waals surface area contributed by atoms with Gasteiger partial charge in [0.25, 0.3) is 0 Å². The molecular formula is C12H22N2O4. The highest BCUT2D eigenvalue weighted by Gasteiger charge is 2.26. The van der Waals surface area contributed by atoms with Crippen molar-refractivity contribution in [1.82, 2.24) is 5.32 Å². The first-order valence-corrected chi connectivity index (χ1v) is 6.22. The SMILES string of the molecule is CC(C)(C)OC(=O)N[C@H]1CC[C@H](OC(N)=O)CC1. The van der Waals surface area contributed by atoms with Gasteiger partial charge in [-0.05, 0) is 46.5 Å². The summed E-state index contributed by atoms with van der Waals surface area (Å²) in [5.74, 6) is 0. The lowest BCUT2D eigenvalue weighted by molar-refractivity contribution is 0.0436. The minimum atomic E-state index is -0.737. The molecule has 0 atom stereocenters. The lowest BCUT2D eigenvalue weighted by Crippen LogP contribution is -2.42. The van der Waals surface area contributed by atoms with Crippen LogP contribution < -0.4 is 11.1 Å². The first-order valence-electron chi connectivity index (χ1n) is 6.22. The average molecular weight is 258 g/mol. The van der Waals surface area contributed by atoms with Gasteiger partial charge in [-0.1, -0.05) is 0 Å². The summed E-state index contributed by atoms with van der Waals surface area (Å²) in [6.07, 6.45) is 1.68. The summed E-state index contributed by atoms with van der Waals surface area (Å²) in [5, 5.41) is 2.82. The summed E-state index contributed by atoms with van der Waals surface area (Å²) >= 11 is 0. The first-order chi connectivity index (χ1) is 8.26. The topological polar surface area (TPSA) is 90.7 Å². The molecule has 0 unspecified atom stereocenters. The standard InChI is InChI=1S/C12H22N2O4/c1-12(2,3)18-11(16)14-8-4-6-9(7-5-8)17-10(13)15/h8-9H,4-7H2,1-3H3,(H2,13,15)(H,14,16)/t8-,9-. The van der Waals surface area contributed by atoms with Crippen LogP contribution in [0.5, 0.6) is 0 Å². The van der Waals surface area contributed by atoms with Crippen molar-refractivity contribution in [2.75, 3.05) is 0 Å². The largest absolute Gasteiger partial charge is 0.446 e. The van der Waals surface area contributed by atoms with Gasteiger partial charge in [0, 0.05) is 6.04 Å². The highest BCUT2D eigenvalue weighted by molar-refractivity contribution is 5.68. The van der Waals surface area contributed by atoms with Gasteiger partial charge >= 0.3 is 12.2 Å². The third kappa shape index (κ3) is 5.75. The summed E-state index contributed by atoms with van der Waals surface area (Å²) < 4.78 is 10.1. The Morgan fingerprint density at radius 3 is 2.17 bits per heavy atom. The molecule has 18 heavy (non-hydrogen) atoms. The van der Waals surface area contributed by atoms with Crippen LogP contribution in [0, 0.1) is 0 Å². The Kier molecular flexibility index (Phi) is 4.81. The molecule has 6 heteroatoms. The van der Waals surface area contributed by atoms with Gasteiger partial charge in [-0.25, -0.2) is 9.59 Å². The molecular weight excluding hydrogens is 236 g/mol. The number of rotatable bonds is 2. The normalized spacial score (nSPS) is 24.2. The van der Waals surface area contributed by atoms with E-state index in [0.717, 1.165) is 12.8 Å². The fourth-order valence-corrected chi connectivity index (χ4v) is 1.96. The molecule has 1 fully saturated rings. The molecule has 0 heterocycles. The third-order valence-electron chi connectivity index (χ3n) is 2.68. The Labute approximate surface area is 107 Å². The summed E-state index contributed by atoms with van der Waals surface area (Å²) in [7, 11) is 0. The summed E-state index contributed by atoms with van der Waals surface area (Å²) in [6, 6.07) is 0.0765. The zero-order chi connectivity index (χ0) is 13.8. The van der Waals surface area contributed by atoms with Gasteiger partial charge in [-0.15, -0.1) is 0 Å². The van der Waals surface area contributed by atoms with Crippen LogP contribution in [-0.4, -0.2) is 29.9 Å². The number of hydrogen-bond donors (Lipinski definition) is 2. The van der Waals surface area contributed by atoms with E-state index < -0.39 is 17.8 Å². The number of amides is 2. The number of carbonyl (C=O) groups excluding carboxylic acids is 2. The second-order valence-corrected chi connectivity index (χ2v) is 5.56. The molecule has 6 nitrogen and oxygen atoms in total. The minimum Gasteiger partial charge on any atom is -0.446 e. The second kappa shape index (κ2) is 5.93. The number of nitrogens with one attached hydrogen (secondary N) is 1. The number of alkyl carbamates (subject to hydrolysis) is 1. The summed E-state index contributed by atoms with van der Waals surface area (Å²) in [6.45, 7) is 5.47. The molecule has 0 saturated heterocycles. The van der Waals surface area contributed by atoms with Gasteiger partial charge in [-0.3, -0.25) is 0 Å². The van der Waals surface area contributed by atoms with Gasteiger partial charge in [0.15, 0.2) is 0 Å². The Balaban J connectivity index is 2.27. The van der Waals surface area contributed by atoms with Crippen molar-refractivity contribution < 1.29 is 19.1 Å². The molecule has 2 amide bonds. The summed E-state index contributed by atoms with van der Waals surface area (Å²) in [5.41, 5.74) is 4.47. The molecule has 1 aliphatic carbocycles. The molecule has 0 aliphatic heterocycles. The van der Waals surface area contributed by atoms with Crippen molar-refractivity contribution >= 4 is 12.2 Å². The molecule has 104 valence electrons. The van der Waals surface area contributed by atoms with Crippen molar-refractivity contribution in [2.45, 2.75) is 64.2 Å². The Hall–Kier alpha value is -1.46. The highest BCUT2D eigenvalue weighted by Crippen LogP contribution is 2.21. The monoisotopic (exact) mass is 258 g/mol. The van der Waals surface area contributed by atoms with Crippen molar-refractivity contribution in [3.05, 3.63) is 0 Å². The van der Waals surface area contributed by atoms with Crippen molar-refractivity contribution in [3.8, 4) is 0 Å². The van der Waals surface area contributed by atoms with E-state index in [1.165, 1.54) is 0 Å². The van der Waals surface area contributed by atoms with Crippen molar-refractivity contribution in [1.29, 1.82) is 0 Å². The quantitative estimate of drug-likeness (QED) is 0.791. The molecule has 1 aliphatic rings. The maximum Gasteiger partial charge on any atom is 0.407 e. The fourth-order valence-electron chi connectivity index (χ4n) is 1.96. The van der Waals surface area contributed by atoms with Crippen LogP contribution in [0.2, 0.25) is 0 Å². The van der Waals surface area contributed by atoms with E-state index in [9.17, 15) is 9.59 Å². The second-order valence-electron chi connectivity index (χ2n) is 5.56. The van der Waals surface area contributed by atoms with Crippen molar-refractivity contribution in [3.63, 3.8) is 0 Å². The van der Waals surface area contributed by atoms with E-state index in [1.807, 2.05) is 20.8 Å².